The maximum Gasteiger partial charge on any atom is 0.409 e. The Morgan fingerprint density at radius 3 is 2.36 bits per heavy atom. The highest BCUT2D eigenvalue weighted by Gasteiger charge is 2.12. The molecule has 1 rings (SSSR count). The van der Waals surface area contributed by atoms with Crippen LogP contribution in [0.5, 0.6) is 17.2 Å². The predicted octanol–water partition coefficient (Wildman–Crippen LogP) is 2.44. The summed E-state index contributed by atoms with van der Waals surface area (Å²) in [5.74, 6) is 1.04. The number of halogens is 1. The van der Waals surface area contributed by atoms with Crippen LogP contribution in [0.15, 0.2) is 18.2 Å². The first kappa shape index (κ1) is 10.7. The summed E-state index contributed by atoms with van der Waals surface area (Å²) in [4.78, 5) is 10.5. The van der Waals surface area contributed by atoms with Crippen molar-refractivity contribution >= 4 is 17.0 Å². The van der Waals surface area contributed by atoms with E-state index in [0.29, 0.717) is 11.5 Å². The second-order valence-electron chi connectivity index (χ2n) is 2.33. The molecule has 5 heteroatoms. The van der Waals surface area contributed by atoms with Crippen molar-refractivity contribution in [3.63, 3.8) is 0 Å². The molecule has 0 heterocycles. The maximum absolute atomic E-state index is 10.5. The SMILES string of the molecule is COc1cccc(OC(=O)Cl)c1OC. The van der Waals surface area contributed by atoms with E-state index in [0.717, 1.165) is 0 Å². The predicted molar refractivity (Wildman–Crippen MR) is 51.4 cm³/mol. The standard InChI is InChI=1S/C9H9ClO4/c1-12-6-4-3-5-7(8(6)13-2)14-9(10)11/h3-5H,1-2H3. The Balaban J connectivity index is 3.08. The van der Waals surface area contributed by atoms with Crippen LogP contribution in [0.1, 0.15) is 0 Å². The fraction of sp³-hybridized carbons (Fsp3) is 0.222. The molecule has 0 amide bonds. The van der Waals surface area contributed by atoms with Crippen molar-refractivity contribution in [3.8, 4) is 17.2 Å². The van der Waals surface area contributed by atoms with Crippen molar-refractivity contribution in [2.45, 2.75) is 0 Å². The van der Waals surface area contributed by atoms with Crippen molar-refractivity contribution in [1.82, 2.24) is 0 Å². The van der Waals surface area contributed by atoms with Crippen molar-refractivity contribution in [1.29, 1.82) is 0 Å². The summed E-state index contributed by atoms with van der Waals surface area (Å²) in [5.41, 5.74) is -0.920. The second kappa shape index (κ2) is 4.72. The van der Waals surface area contributed by atoms with Gasteiger partial charge in [-0.15, -0.1) is 0 Å². The molecule has 0 saturated heterocycles. The van der Waals surface area contributed by atoms with Gasteiger partial charge in [0.2, 0.25) is 5.75 Å². The fourth-order valence-corrected chi connectivity index (χ4v) is 1.11. The van der Waals surface area contributed by atoms with Gasteiger partial charge in [0, 0.05) is 11.6 Å². The van der Waals surface area contributed by atoms with Crippen LogP contribution in [0.25, 0.3) is 0 Å². The van der Waals surface area contributed by atoms with Gasteiger partial charge >= 0.3 is 5.43 Å². The molecule has 0 saturated carbocycles. The first-order chi connectivity index (χ1) is 6.69. The Labute approximate surface area is 86.3 Å². The zero-order chi connectivity index (χ0) is 10.6. The zero-order valence-corrected chi connectivity index (χ0v) is 8.50. The first-order valence-corrected chi connectivity index (χ1v) is 4.15. The largest absolute Gasteiger partial charge is 0.493 e. The second-order valence-corrected chi connectivity index (χ2v) is 2.64. The van der Waals surface area contributed by atoms with Gasteiger partial charge in [-0.1, -0.05) is 6.07 Å². The van der Waals surface area contributed by atoms with E-state index in [4.69, 9.17) is 25.8 Å². The topological polar surface area (TPSA) is 44.8 Å². The summed E-state index contributed by atoms with van der Waals surface area (Å²) in [6.45, 7) is 0. The van der Waals surface area contributed by atoms with Gasteiger partial charge in [-0.3, -0.25) is 0 Å². The molecule has 0 unspecified atom stereocenters. The van der Waals surface area contributed by atoms with Gasteiger partial charge in [0.25, 0.3) is 0 Å². The van der Waals surface area contributed by atoms with Crippen LogP contribution in [0, 0.1) is 0 Å². The lowest BCUT2D eigenvalue weighted by Crippen LogP contribution is -2.00. The average molecular weight is 217 g/mol. The summed E-state index contributed by atoms with van der Waals surface area (Å²) in [6, 6.07) is 4.91. The molecule has 0 fully saturated rings. The molecule has 0 aliphatic carbocycles. The van der Waals surface area contributed by atoms with E-state index in [-0.39, 0.29) is 5.75 Å². The lowest BCUT2D eigenvalue weighted by Gasteiger charge is -2.10. The minimum Gasteiger partial charge on any atom is -0.493 e. The van der Waals surface area contributed by atoms with Crippen LogP contribution in [0.4, 0.5) is 4.79 Å². The van der Waals surface area contributed by atoms with E-state index in [1.807, 2.05) is 0 Å². The van der Waals surface area contributed by atoms with Gasteiger partial charge < -0.3 is 14.2 Å². The van der Waals surface area contributed by atoms with Gasteiger partial charge in [0.1, 0.15) is 0 Å². The summed E-state index contributed by atoms with van der Waals surface area (Å²) in [6.07, 6.45) is 0. The highest BCUT2D eigenvalue weighted by Crippen LogP contribution is 2.36. The summed E-state index contributed by atoms with van der Waals surface area (Å²) >= 11 is 5.08. The maximum atomic E-state index is 10.5. The van der Waals surface area contributed by atoms with Gasteiger partial charge in [0.15, 0.2) is 11.5 Å². The van der Waals surface area contributed by atoms with Gasteiger partial charge in [0.05, 0.1) is 14.2 Å². The number of methoxy groups -OCH3 is 2. The van der Waals surface area contributed by atoms with E-state index in [2.05, 4.69) is 0 Å². The quantitative estimate of drug-likeness (QED) is 0.728. The molecular weight excluding hydrogens is 208 g/mol. The minimum atomic E-state index is -0.920. The van der Waals surface area contributed by atoms with Crippen molar-refractivity contribution in [2.24, 2.45) is 0 Å². The molecule has 0 atom stereocenters. The number of ether oxygens (including phenoxy) is 3. The fourth-order valence-electron chi connectivity index (χ4n) is 1.02. The van der Waals surface area contributed by atoms with E-state index in [9.17, 15) is 4.79 Å². The zero-order valence-electron chi connectivity index (χ0n) is 7.74. The Morgan fingerprint density at radius 1 is 1.21 bits per heavy atom. The Kier molecular flexibility index (Phi) is 3.59. The highest BCUT2D eigenvalue weighted by atomic mass is 35.5. The molecule has 0 aliphatic rings. The molecule has 1 aromatic rings. The molecule has 0 radical (unpaired) electrons. The van der Waals surface area contributed by atoms with Crippen LogP contribution >= 0.6 is 11.6 Å². The monoisotopic (exact) mass is 216 g/mol. The highest BCUT2D eigenvalue weighted by molar-refractivity contribution is 6.61. The van der Waals surface area contributed by atoms with Crippen LogP contribution in [-0.4, -0.2) is 19.6 Å². The minimum absolute atomic E-state index is 0.229. The third-order valence-electron chi connectivity index (χ3n) is 1.56. The van der Waals surface area contributed by atoms with Crippen LogP contribution in [0.3, 0.4) is 0 Å². The molecular formula is C9H9ClO4. The molecule has 0 N–H and O–H groups in total. The number of carbonyl (C=O) groups excluding carboxylic acids is 1. The molecule has 0 aliphatic heterocycles. The smallest absolute Gasteiger partial charge is 0.409 e. The molecule has 76 valence electrons. The average Bonchev–Trinajstić information content (AvgIpc) is 2.16. The third kappa shape index (κ3) is 2.29. The Morgan fingerprint density at radius 2 is 1.86 bits per heavy atom. The summed E-state index contributed by atoms with van der Waals surface area (Å²) in [5, 5.41) is 0. The summed E-state index contributed by atoms with van der Waals surface area (Å²) in [7, 11) is 2.94. The number of rotatable bonds is 3. The number of carbonyl (C=O) groups is 1. The van der Waals surface area contributed by atoms with Crippen LogP contribution in [0.2, 0.25) is 0 Å². The lowest BCUT2D eigenvalue weighted by molar-refractivity contribution is 0.223. The molecule has 0 aromatic heterocycles. The molecule has 14 heavy (non-hydrogen) atoms. The third-order valence-corrected chi connectivity index (χ3v) is 1.63. The van der Waals surface area contributed by atoms with Gasteiger partial charge in [-0.2, -0.15) is 0 Å². The van der Waals surface area contributed by atoms with Crippen molar-refractivity contribution in [3.05, 3.63) is 18.2 Å². The lowest BCUT2D eigenvalue weighted by atomic mass is 10.3. The van der Waals surface area contributed by atoms with Crippen molar-refractivity contribution < 1.29 is 19.0 Å². The van der Waals surface area contributed by atoms with Crippen LogP contribution in [-0.2, 0) is 0 Å². The molecule has 0 spiro atoms. The first-order valence-electron chi connectivity index (χ1n) is 3.77. The van der Waals surface area contributed by atoms with Gasteiger partial charge in [-0.25, -0.2) is 4.79 Å². The van der Waals surface area contributed by atoms with E-state index >= 15 is 0 Å². The van der Waals surface area contributed by atoms with Gasteiger partial charge in [-0.05, 0) is 12.1 Å². The number of hydrogen-bond acceptors (Lipinski definition) is 4. The Bertz CT molecular complexity index is 338. The normalized spacial score (nSPS) is 9.36. The molecule has 4 nitrogen and oxygen atoms in total. The molecule has 0 bridgehead atoms. The summed E-state index contributed by atoms with van der Waals surface area (Å²) < 4.78 is 14.7. The van der Waals surface area contributed by atoms with E-state index in [1.54, 1.807) is 18.2 Å². The van der Waals surface area contributed by atoms with E-state index in [1.165, 1.54) is 14.2 Å². The molecule has 1 aromatic carbocycles. The van der Waals surface area contributed by atoms with Crippen LogP contribution < -0.4 is 14.2 Å². The Hall–Kier alpha value is -1.42. The van der Waals surface area contributed by atoms with E-state index < -0.39 is 5.43 Å². The van der Waals surface area contributed by atoms with Crippen molar-refractivity contribution in [2.75, 3.05) is 14.2 Å². The number of para-hydroxylation sites is 1. The number of hydrogen-bond donors (Lipinski definition) is 0. The number of benzene rings is 1.